The zero-order chi connectivity index (χ0) is 15.3. The van der Waals surface area contributed by atoms with Crippen molar-refractivity contribution in [1.82, 2.24) is 10.2 Å². The van der Waals surface area contributed by atoms with Gasteiger partial charge in [0.25, 0.3) is 0 Å². The smallest absolute Gasteiger partial charge is 0.235 e. The Morgan fingerprint density at radius 3 is 2.81 bits per heavy atom. The largest absolute Gasteiger partial charge is 0.337 e. The van der Waals surface area contributed by atoms with E-state index in [1.807, 2.05) is 11.0 Å². The molecule has 1 amide bonds. The molecule has 2 rings (SSSR count). The summed E-state index contributed by atoms with van der Waals surface area (Å²) in [5, 5.41) is 12.1. The van der Waals surface area contributed by atoms with Crippen molar-refractivity contribution in [3.05, 3.63) is 35.6 Å². The number of halogens is 1. The maximum absolute atomic E-state index is 13.1. The molecule has 21 heavy (non-hydrogen) atoms. The molecule has 0 spiro atoms. The van der Waals surface area contributed by atoms with Crippen molar-refractivity contribution in [3.63, 3.8) is 0 Å². The summed E-state index contributed by atoms with van der Waals surface area (Å²) in [4.78, 5) is 13.9. The van der Waals surface area contributed by atoms with Gasteiger partial charge in [-0.1, -0.05) is 12.1 Å². The SMILES string of the molecule is CN(CC(=O)NC1(C#N)CCCC1)Cc1cccc(F)c1. The predicted molar refractivity (Wildman–Crippen MR) is 77.7 cm³/mol. The highest BCUT2D eigenvalue weighted by Gasteiger charge is 2.35. The van der Waals surface area contributed by atoms with Crippen LogP contribution in [0, 0.1) is 17.1 Å². The molecule has 1 aliphatic rings. The molecule has 0 radical (unpaired) electrons. The standard InChI is InChI=1S/C16H20FN3O/c1-20(10-13-5-4-6-14(17)9-13)11-15(21)19-16(12-18)7-2-3-8-16/h4-6,9H,2-3,7-8,10-11H2,1H3,(H,19,21). The van der Waals surface area contributed by atoms with E-state index in [1.54, 1.807) is 13.1 Å². The third-order valence-corrected chi connectivity index (χ3v) is 3.80. The first-order valence-electron chi connectivity index (χ1n) is 7.18. The molecule has 0 aromatic heterocycles. The van der Waals surface area contributed by atoms with Gasteiger partial charge in [0.1, 0.15) is 11.4 Å². The number of carbonyl (C=O) groups excluding carboxylic acids is 1. The Bertz CT molecular complexity index is 547. The molecule has 1 fully saturated rings. The molecule has 0 saturated heterocycles. The van der Waals surface area contributed by atoms with E-state index in [1.165, 1.54) is 12.1 Å². The van der Waals surface area contributed by atoms with E-state index < -0.39 is 5.54 Å². The van der Waals surface area contributed by atoms with Gasteiger partial charge in [0, 0.05) is 6.54 Å². The first-order valence-corrected chi connectivity index (χ1v) is 7.18. The number of benzene rings is 1. The lowest BCUT2D eigenvalue weighted by molar-refractivity contribution is -0.123. The molecule has 1 aliphatic carbocycles. The highest BCUT2D eigenvalue weighted by Crippen LogP contribution is 2.28. The lowest BCUT2D eigenvalue weighted by Crippen LogP contribution is -2.48. The van der Waals surface area contributed by atoms with Gasteiger partial charge in [-0.3, -0.25) is 9.69 Å². The third-order valence-electron chi connectivity index (χ3n) is 3.80. The van der Waals surface area contributed by atoms with Crippen LogP contribution in [-0.4, -0.2) is 29.9 Å². The van der Waals surface area contributed by atoms with Crippen LogP contribution in [0.25, 0.3) is 0 Å². The lowest BCUT2D eigenvalue weighted by Gasteiger charge is -2.24. The zero-order valence-corrected chi connectivity index (χ0v) is 12.2. The van der Waals surface area contributed by atoms with Crippen molar-refractivity contribution in [2.24, 2.45) is 0 Å². The maximum atomic E-state index is 13.1. The third kappa shape index (κ3) is 4.27. The fourth-order valence-electron chi connectivity index (χ4n) is 2.80. The molecule has 0 unspecified atom stereocenters. The number of rotatable bonds is 5. The van der Waals surface area contributed by atoms with Gasteiger partial charge in [0.05, 0.1) is 12.6 Å². The van der Waals surface area contributed by atoms with Crippen LogP contribution < -0.4 is 5.32 Å². The molecular weight excluding hydrogens is 269 g/mol. The number of hydrogen-bond donors (Lipinski definition) is 1. The zero-order valence-electron chi connectivity index (χ0n) is 12.2. The fraction of sp³-hybridized carbons (Fsp3) is 0.500. The number of carbonyl (C=O) groups is 1. The first kappa shape index (κ1) is 15.5. The molecule has 0 bridgehead atoms. The molecule has 4 nitrogen and oxygen atoms in total. The first-order chi connectivity index (χ1) is 10.0. The molecule has 112 valence electrons. The molecule has 1 N–H and O–H groups in total. The summed E-state index contributed by atoms with van der Waals surface area (Å²) in [6.07, 6.45) is 3.41. The summed E-state index contributed by atoms with van der Waals surface area (Å²) in [6, 6.07) is 8.57. The van der Waals surface area contributed by atoms with Crippen LogP contribution in [0.2, 0.25) is 0 Å². The number of nitriles is 1. The molecule has 0 aliphatic heterocycles. The Hall–Kier alpha value is -1.93. The van der Waals surface area contributed by atoms with E-state index in [-0.39, 0.29) is 18.3 Å². The molecule has 1 saturated carbocycles. The van der Waals surface area contributed by atoms with Crippen molar-refractivity contribution in [1.29, 1.82) is 5.26 Å². The van der Waals surface area contributed by atoms with E-state index >= 15 is 0 Å². The minimum atomic E-state index is -0.684. The highest BCUT2D eigenvalue weighted by molar-refractivity contribution is 5.79. The Morgan fingerprint density at radius 1 is 1.48 bits per heavy atom. The Labute approximate surface area is 124 Å². The van der Waals surface area contributed by atoms with E-state index in [9.17, 15) is 14.4 Å². The van der Waals surface area contributed by atoms with E-state index in [0.717, 1.165) is 31.2 Å². The van der Waals surface area contributed by atoms with Gasteiger partial charge in [-0.15, -0.1) is 0 Å². The summed E-state index contributed by atoms with van der Waals surface area (Å²) in [5.74, 6) is -0.433. The Balaban J connectivity index is 1.86. The molecule has 1 aromatic rings. The number of nitrogens with one attached hydrogen (secondary N) is 1. The van der Waals surface area contributed by atoms with E-state index in [4.69, 9.17) is 0 Å². The second kappa shape index (κ2) is 6.68. The van der Waals surface area contributed by atoms with Crippen molar-refractivity contribution < 1.29 is 9.18 Å². The lowest BCUT2D eigenvalue weighted by atomic mass is 10.00. The summed E-state index contributed by atoms with van der Waals surface area (Å²) >= 11 is 0. The quantitative estimate of drug-likeness (QED) is 0.904. The van der Waals surface area contributed by atoms with Crippen molar-refractivity contribution in [2.75, 3.05) is 13.6 Å². The molecular formula is C16H20FN3O. The average molecular weight is 289 g/mol. The second-order valence-electron chi connectivity index (χ2n) is 5.75. The van der Waals surface area contributed by atoms with Crippen LogP contribution >= 0.6 is 0 Å². The van der Waals surface area contributed by atoms with Crippen LogP contribution in [0.5, 0.6) is 0 Å². The summed E-state index contributed by atoms with van der Waals surface area (Å²) in [6.45, 7) is 0.685. The fourth-order valence-corrected chi connectivity index (χ4v) is 2.80. The van der Waals surface area contributed by atoms with Crippen LogP contribution in [-0.2, 0) is 11.3 Å². The van der Waals surface area contributed by atoms with Crippen molar-refractivity contribution in [2.45, 2.75) is 37.8 Å². The van der Waals surface area contributed by atoms with Crippen LogP contribution in [0.3, 0.4) is 0 Å². The van der Waals surface area contributed by atoms with Gasteiger partial charge in [0.15, 0.2) is 0 Å². The number of hydrogen-bond acceptors (Lipinski definition) is 3. The number of amides is 1. The van der Waals surface area contributed by atoms with Gasteiger partial charge in [-0.2, -0.15) is 5.26 Å². The monoisotopic (exact) mass is 289 g/mol. The van der Waals surface area contributed by atoms with Gasteiger partial charge < -0.3 is 5.32 Å². The van der Waals surface area contributed by atoms with Crippen LogP contribution in [0.4, 0.5) is 4.39 Å². The van der Waals surface area contributed by atoms with Crippen LogP contribution in [0.15, 0.2) is 24.3 Å². The topological polar surface area (TPSA) is 56.1 Å². The molecule has 0 atom stereocenters. The minimum Gasteiger partial charge on any atom is -0.337 e. The van der Waals surface area contributed by atoms with Gasteiger partial charge >= 0.3 is 0 Å². The van der Waals surface area contributed by atoms with Gasteiger partial charge in [0.2, 0.25) is 5.91 Å². The highest BCUT2D eigenvalue weighted by atomic mass is 19.1. The maximum Gasteiger partial charge on any atom is 0.235 e. The van der Waals surface area contributed by atoms with Gasteiger partial charge in [-0.25, -0.2) is 4.39 Å². The Morgan fingerprint density at radius 2 is 2.19 bits per heavy atom. The van der Waals surface area contributed by atoms with Crippen molar-refractivity contribution >= 4 is 5.91 Å². The van der Waals surface area contributed by atoms with Gasteiger partial charge in [-0.05, 0) is 50.4 Å². The minimum absolute atomic E-state index is 0.155. The average Bonchev–Trinajstić information content (AvgIpc) is 2.87. The number of nitrogens with zero attached hydrogens (tertiary/aromatic N) is 2. The number of likely N-dealkylation sites (N-methyl/N-ethyl adjacent to an activating group) is 1. The Kier molecular flexibility index (Phi) is 4.92. The van der Waals surface area contributed by atoms with Crippen molar-refractivity contribution in [3.8, 4) is 6.07 Å². The predicted octanol–water partition coefficient (Wildman–Crippen LogP) is 2.21. The van der Waals surface area contributed by atoms with E-state index in [2.05, 4.69) is 11.4 Å². The summed E-state index contributed by atoms with van der Waals surface area (Å²) in [7, 11) is 1.80. The molecule has 1 aromatic carbocycles. The molecule has 5 heteroatoms. The van der Waals surface area contributed by atoms with E-state index in [0.29, 0.717) is 6.54 Å². The normalized spacial score (nSPS) is 16.7. The molecule has 0 heterocycles. The van der Waals surface area contributed by atoms with Crippen LogP contribution in [0.1, 0.15) is 31.2 Å². The summed E-state index contributed by atoms with van der Waals surface area (Å²) < 4.78 is 13.1. The second-order valence-corrected chi connectivity index (χ2v) is 5.75. The summed E-state index contributed by atoms with van der Waals surface area (Å²) in [5.41, 5.74) is 0.137.